The van der Waals surface area contributed by atoms with Crippen LogP contribution in [0.25, 0.3) is 10.8 Å². The molecular weight excluding hydrogens is 582 g/mol. The number of ether oxygens (including phenoxy) is 1. The van der Waals surface area contributed by atoms with Gasteiger partial charge in [0.1, 0.15) is 28.5 Å². The molecule has 4 heterocycles. The molecule has 208 valence electrons. The SMILES string of the molecule is CNc1ncc(C#Cc2cc(CN(CCOc3cccc(Br)n3)C3CC3)ccn2)c2cc(NC(=O)C3CC3)ncc12. The zero-order valence-electron chi connectivity index (χ0n) is 22.7. The summed E-state index contributed by atoms with van der Waals surface area (Å²) in [7, 11) is 1.82. The second-order valence-electron chi connectivity index (χ2n) is 10.3. The van der Waals surface area contributed by atoms with Crippen molar-refractivity contribution in [1.29, 1.82) is 0 Å². The monoisotopic (exact) mass is 611 g/mol. The van der Waals surface area contributed by atoms with Crippen molar-refractivity contribution in [3.8, 4) is 17.7 Å². The molecule has 0 bridgehead atoms. The number of fused-ring (bicyclic) bond motifs is 1. The zero-order valence-corrected chi connectivity index (χ0v) is 24.3. The highest BCUT2D eigenvalue weighted by molar-refractivity contribution is 9.10. The summed E-state index contributed by atoms with van der Waals surface area (Å²) in [6, 6.07) is 12.2. The first-order valence-corrected chi connectivity index (χ1v) is 14.6. The van der Waals surface area contributed by atoms with Gasteiger partial charge in [0.25, 0.3) is 0 Å². The summed E-state index contributed by atoms with van der Waals surface area (Å²) in [5.41, 5.74) is 2.59. The summed E-state index contributed by atoms with van der Waals surface area (Å²) < 4.78 is 6.65. The van der Waals surface area contributed by atoms with Crippen LogP contribution in [-0.4, -0.2) is 57.0 Å². The number of anilines is 2. The molecule has 10 heteroatoms. The molecule has 0 atom stereocenters. The van der Waals surface area contributed by atoms with Crippen LogP contribution in [0.15, 0.2) is 59.6 Å². The number of rotatable bonds is 10. The first-order valence-electron chi connectivity index (χ1n) is 13.8. The minimum Gasteiger partial charge on any atom is -0.476 e. The molecule has 0 unspecified atom stereocenters. The van der Waals surface area contributed by atoms with Gasteiger partial charge in [-0.1, -0.05) is 12.0 Å². The Morgan fingerprint density at radius 3 is 2.73 bits per heavy atom. The second-order valence-corrected chi connectivity index (χ2v) is 11.1. The molecule has 4 aromatic rings. The second kappa shape index (κ2) is 12.2. The molecule has 1 amide bonds. The molecular formula is C31H30BrN7O2. The molecule has 2 aliphatic carbocycles. The molecule has 2 saturated carbocycles. The van der Waals surface area contributed by atoms with Crippen molar-refractivity contribution in [2.75, 3.05) is 30.8 Å². The molecule has 0 aliphatic heterocycles. The predicted octanol–water partition coefficient (Wildman–Crippen LogP) is 5.02. The Morgan fingerprint density at radius 1 is 1.07 bits per heavy atom. The lowest BCUT2D eigenvalue weighted by Gasteiger charge is -2.22. The van der Waals surface area contributed by atoms with Crippen molar-refractivity contribution in [3.05, 3.63) is 76.4 Å². The van der Waals surface area contributed by atoms with Gasteiger partial charge in [-0.15, -0.1) is 0 Å². The predicted molar refractivity (Wildman–Crippen MR) is 162 cm³/mol. The average Bonchev–Trinajstić information content (AvgIpc) is 3.89. The fraction of sp³-hybridized carbons (Fsp3) is 0.323. The van der Waals surface area contributed by atoms with Gasteiger partial charge in [0.2, 0.25) is 11.8 Å². The van der Waals surface area contributed by atoms with Gasteiger partial charge in [0.05, 0.1) is 5.56 Å². The Labute approximate surface area is 247 Å². The lowest BCUT2D eigenvalue weighted by molar-refractivity contribution is -0.117. The summed E-state index contributed by atoms with van der Waals surface area (Å²) in [4.78, 5) is 32.5. The number of aromatic nitrogens is 4. The minimum absolute atomic E-state index is 0.0185. The third kappa shape index (κ3) is 6.99. The molecule has 6 rings (SSSR count). The number of amides is 1. The number of nitrogens with zero attached hydrogens (tertiary/aromatic N) is 5. The molecule has 2 aliphatic rings. The van der Waals surface area contributed by atoms with Crippen LogP contribution < -0.4 is 15.4 Å². The number of pyridine rings is 4. The van der Waals surface area contributed by atoms with E-state index in [2.05, 4.69) is 63.2 Å². The van der Waals surface area contributed by atoms with Crippen molar-refractivity contribution >= 4 is 44.2 Å². The van der Waals surface area contributed by atoms with E-state index in [-0.39, 0.29) is 11.8 Å². The third-order valence-corrected chi connectivity index (χ3v) is 7.57. The zero-order chi connectivity index (χ0) is 28.2. The standard InChI is InChI=1S/C31H30BrN7O2/c1-33-30-26-18-35-28(38-31(40)21-5-6-21)16-25(26)22(17-36-30)7-8-23-15-20(11-12-34-23)19-39(24-9-10-24)13-14-41-29-4-2-3-27(32)37-29/h2-4,11-12,15-18,21,24H,5-6,9-10,13-14,19H2,1H3,(H,33,36)(H,35,38,40). The van der Waals surface area contributed by atoms with E-state index < -0.39 is 0 Å². The van der Waals surface area contributed by atoms with Crippen molar-refractivity contribution in [1.82, 2.24) is 24.8 Å². The quantitative estimate of drug-likeness (QED) is 0.190. The smallest absolute Gasteiger partial charge is 0.228 e. The van der Waals surface area contributed by atoms with Gasteiger partial charge in [0, 0.05) is 67.5 Å². The summed E-state index contributed by atoms with van der Waals surface area (Å²) in [5, 5.41) is 7.75. The van der Waals surface area contributed by atoms with Crippen LogP contribution in [0.3, 0.4) is 0 Å². The van der Waals surface area contributed by atoms with Crippen molar-refractivity contribution < 1.29 is 9.53 Å². The molecule has 0 radical (unpaired) electrons. The normalized spacial score (nSPS) is 14.4. The maximum absolute atomic E-state index is 12.3. The maximum atomic E-state index is 12.3. The molecule has 0 aromatic carbocycles. The van der Waals surface area contributed by atoms with Crippen LogP contribution in [0.1, 0.15) is 42.5 Å². The van der Waals surface area contributed by atoms with E-state index >= 15 is 0 Å². The number of hydrogen-bond donors (Lipinski definition) is 2. The van der Waals surface area contributed by atoms with E-state index in [1.807, 2.05) is 49.6 Å². The van der Waals surface area contributed by atoms with Crippen LogP contribution in [0.2, 0.25) is 0 Å². The first kappa shape index (κ1) is 27.1. The highest BCUT2D eigenvalue weighted by Gasteiger charge is 2.30. The van der Waals surface area contributed by atoms with E-state index in [4.69, 9.17) is 4.74 Å². The number of carbonyl (C=O) groups excluding carboxylic acids is 1. The Kier molecular flexibility index (Phi) is 8.07. The molecule has 0 spiro atoms. The van der Waals surface area contributed by atoms with Gasteiger partial charge in [-0.05, 0) is 77.4 Å². The molecule has 41 heavy (non-hydrogen) atoms. The molecule has 0 saturated heterocycles. The number of halogens is 1. The highest BCUT2D eigenvalue weighted by Crippen LogP contribution is 2.31. The van der Waals surface area contributed by atoms with Crippen LogP contribution in [0.5, 0.6) is 5.88 Å². The van der Waals surface area contributed by atoms with Gasteiger partial charge in [0.15, 0.2) is 0 Å². The van der Waals surface area contributed by atoms with Gasteiger partial charge < -0.3 is 15.4 Å². The minimum atomic E-state index is 0.0185. The fourth-order valence-corrected chi connectivity index (χ4v) is 4.98. The van der Waals surface area contributed by atoms with Gasteiger partial charge in [-0.25, -0.2) is 19.9 Å². The van der Waals surface area contributed by atoms with Crippen LogP contribution >= 0.6 is 15.9 Å². The topological polar surface area (TPSA) is 105 Å². The van der Waals surface area contributed by atoms with Crippen molar-refractivity contribution in [2.45, 2.75) is 38.3 Å². The first-order chi connectivity index (χ1) is 20.1. The molecule has 2 N–H and O–H groups in total. The lowest BCUT2D eigenvalue weighted by Crippen LogP contribution is -2.30. The average molecular weight is 613 g/mol. The Hall–Kier alpha value is -4.07. The Bertz CT molecular complexity index is 1640. The Morgan fingerprint density at radius 2 is 1.95 bits per heavy atom. The van der Waals surface area contributed by atoms with Crippen LogP contribution in [-0.2, 0) is 11.3 Å². The van der Waals surface area contributed by atoms with Gasteiger partial charge in [-0.2, -0.15) is 0 Å². The van der Waals surface area contributed by atoms with Crippen molar-refractivity contribution in [2.24, 2.45) is 5.92 Å². The number of carbonyl (C=O) groups is 1. The third-order valence-electron chi connectivity index (χ3n) is 7.12. The van der Waals surface area contributed by atoms with Crippen LogP contribution in [0, 0.1) is 17.8 Å². The highest BCUT2D eigenvalue weighted by atomic mass is 79.9. The summed E-state index contributed by atoms with van der Waals surface area (Å²) in [5.74, 6) is 8.44. The van der Waals surface area contributed by atoms with E-state index in [0.717, 1.165) is 52.4 Å². The Balaban J connectivity index is 1.17. The largest absolute Gasteiger partial charge is 0.476 e. The summed E-state index contributed by atoms with van der Waals surface area (Å²) >= 11 is 3.39. The van der Waals surface area contributed by atoms with Gasteiger partial charge >= 0.3 is 0 Å². The molecule has 9 nitrogen and oxygen atoms in total. The maximum Gasteiger partial charge on any atom is 0.228 e. The summed E-state index contributed by atoms with van der Waals surface area (Å²) in [6.07, 6.45) is 9.55. The van der Waals surface area contributed by atoms with E-state index in [0.29, 0.717) is 35.9 Å². The van der Waals surface area contributed by atoms with Crippen molar-refractivity contribution in [3.63, 3.8) is 0 Å². The van der Waals surface area contributed by atoms with E-state index in [1.54, 1.807) is 12.4 Å². The molecule has 2 fully saturated rings. The summed E-state index contributed by atoms with van der Waals surface area (Å²) in [6.45, 7) is 2.18. The van der Waals surface area contributed by atoms with Gasteiger partial charge in [-0.3, -0.25) is 9.69 Å². The fourth-order valence-electron chi connectivity index (χ4n) is 4.65. The van der Waals surface area contributed by atoms with Crippen LogP contribution in [0.4, 0.5) is 11.6 Å². The number of hydrogen-bond acceptors (Lipinski definition) is 8. The van der Waals surface area contributed by atoms with E-state index in [9.17, 15) is 4.79 Å². The number of nitrogens with one attached hydrogen (secondary N) is 2. The van der Waals surface area contributed by atoms with E-state index in [1.165, 1.54) is 12.8 Å². The molecule has 4 aromatic heterocycles. The lowest BCUT2D eigenvalue weighted by atomic mass is 10.1.